The Kier molecular flexibility index (Phi) is 3.20. The van der Waals surface area contributed by atoms with Crippen molar-refractivity contribution in [3.05, 3.63) is 60.6 Å². The predicted molar refractivity (Wildman–Crippen MR) is 82.5 cm³/mol. The zero-order valence-electron chi connectivity index (χ0n) is 12.0. The van der Waals surface area contributed by atoms with E-state index in [-0.39, 0.29) is 12.7 Å². The van der Waals surface area contributed by atoms with E-state index in [0.29, 0.717) is 28.5 Å². The molecule has 0 fully saturated rings. The molecule has 0 bridgehead atoms. The van der Waals surface area contributed by atoms with Gasteiger partial charge < -0.3 is 19.2 Å². The van der Waals surface area contributed by atoms with Crippen LogP contribution in [0.4, 0.5) is 5.69 Å². The monoisotopic (exact) mass is 308 g/mol. The van der Waals surface area contributed by atoms with Gasteiger partial charge in [-0.05, 0) is 24.3 Å². The van der Waals surface area contributed by atoms with Gasteiger partial charge in [0.1, 0.15) is 0 Å². The maximum atomic E-state index is 12.3. The summed E-state index contributed by atoms with van der Waals surface area (Å²) < 4.78 is 15.8. The summed E-state index contributed by atoms with van der Waals surface area (Å²) >= 11 is 0. The van der Waals surface area contributed by atoms with Crippen molar-refractivity contribution >= 4 is 11.6 Å². The van der Waals surface area contributed by atoms with Crippen LogP contribution < -0.4 is 14.8 Å². The highest BCUT2D eigenvalue weighted by molar-refractivity contribution is 6.04. The number of oxazole rings is 1. The van der Waals surface area contributed by atoms with E-state index in [9.17, 15) is 4.79 Å². The highest BCUT2D eigenvalue weighted by atomic mass is 16.7. The lowest BCUT2D eigenvalue weighted by Gasteiger charge is -2.06. The summed E-state index contributed by atoms with van der Waals surface area (Å²) in [4.78, 5) is 16.2. The highest BCUT2D eigenvalue weighted by Crippen LogP contribution is 2.34. The van der Waals surface area contributed by atoms with E-state index in [4.69, 9.17) is 13.9 Å². The SMILES string of the molecule is O=C(Nc1ccc2c(c1)OCO2)c1ccc(-c2cnco2)cc1. The van der Waals surface area contributed by atoms with Crippen molar-refractivity contribution in [1.29, 1.82) is 0 Å². The number of carbonyl (C=O) groups is 1. The molecule has 0 saturated heterocycles. The van der Waals surface area contributed by atoms with Crippen LogP contribution in [-0.2, 0) is 0 Å². The molecule has 2 aromatic carbocycles. The summed E-state index contributed by atoms with van der Waals surface area (Å²) in [5, 5.41) is 2.83. The first-order chi connectivity index (χ1) is 11.3. The molecule has 1 N–H and O–H groups in total. The highest BCUT2D eigenvalue weighted by Gasteiger charge is 2.14. The normalized spacial score (nSPS) is 12.2. The number of fused-ring (bicyclic) bond motifs is 1. The van der Waals surface area contributed by atoms with Crippen molar-refractivity contribution in [1.82, 2.24) is 4.98 Å². The first-order valence-electron chi connectivity index (χ1n) is 6.99. The molecule has 0 unspecified atom stereocenters. The summed E-state index contributed by atoms with van der Waals surface area (Å²) in [5.41, 5.74) is 2.06. The van der Waals surface area contributed by atoms with Crippen molar-refractivity contribution in [2.45, 2.75) is 0 Å². The smallest absolute Gasteiger partial charge is 0.255 e. The number of hydrogen-bond acceptors (Lipinski definition) is 5. The third-order valence-electron chi connectivity index (χ3n) is 3.49. The Bertz CT molecular complexity index is 842. The molecule has 6 nitrogen and oxygen atoms in total. The van der Waals surface area contributed by atoms with Crippen LogP contribution in [0.15, 0.2) is 59.5 Å². The van der Waals surface area contributed by atoms with Crippen LogP contribution in [0.3, 0.4) is 0 Å². The molecule has 23 heavy (non-hydrogen) atoms. The number of aromatic nitrogens is 1. The van der Waals surface area contributed by atoms with Gasteiger partial charge in [-0.2, -0.15) is 0 Å². The number of rotatable bonds is 3. The van der Waals surface area contributed by atoms with Gasteiger partial charge in [-0.3, -0.25) is 4.79 Å². The molecule has 6 heteroatoms. The fraction of sp³-hybridized carbons (Fsp3) is 0.0588. The Labute approximate surface area is 131 Å². The standard InChI is InChI=1S/C17H12N2O4/c20-17(19-13-5-6-14-15(7-13)23-10-22-14)12-3-1-11(2-4-12)16-8-18-9-21-16/h1-9H,10H2,(H,19,20). The molecule has 2 heterocycles. The lowest BCUT2D eigenvalue weighted by molar-refractivity contribution is 0.102. The van der Waals surface area contributed by atoms with Crippen molar-refractivity contribution < 1.29 is 18.7 Å². The fourth-order valence-corrected chi connectivity index (χ4v) is 2.32. The number of nitrogens with one attached hydrogen (secondary N) is 1. The average molecular weight is 308 g/mol. The van der Waals surface area contributed by atoms with Crippen LogP contribution in [-0.4, -0.2) is 17.7 Å². The number of benzene rings is 2. The molecular weight excluding hydrogens is 296 g/mol. The third-order valence-corrected chi connectivity index (χ3v) is 3.49. The maximum absolute atomic E-state index is 12.3. The fourth-order valence-electron chi connectivity index (χ4n) is 2.32. The zero-order valence-corrected chi connectivity index (χ0v) is 12.0. The van der Waals surface area contributed by atoms with Crippen molar-refractivity contribution in [2.24, 2.45) is 0 Å². The molecule has 1 aliphatic heterocycles. The Morgan fingerprint density at radius 3 is 2.65 bits per heavy atom. The second kappa shape index (κ2) is 5.49. The summed E-state index contributed by atoms with van der Waals surface area (Å²) in [7, 11) is 0. The molecular formula is C17H12N2O4. The van der Waals surface area contributed by atoms with Gasteiger partial charge in [-0.25, -0.2) is 4.98 Å². The molecule has 0 atom stereocenters. The molecule has 0 spiro atoms. The number of ether oxygens (including phenoxy) is 2. The maximum Gasteiger partial charge on any atom is 0.255 e. The third kappa shape index (κ3) is 2.62. The van der Waals surface area contributed by atoms with Gasteiger partial charge in [0.25, 0.3) is 5.91 Å². The first-order valence-corrected chi connectivity index (χ1v) is 6.99. The van der Waals surface area contributed by atoms with Gasteiger partial charge in [-0.1, -0.05) is 12.1 Å². The van der Waals surface area contributed by atoms with Gasteiger partial charge in [0.2, 0.25) is 6.79 Å². The minimum absolute atomic E-state index is 0.201. The molecule has 3 aromatic rings. The minimum Gasteiger partial charge on any atom is -0.454 e. The number of anilines is 1. The number of hydrogen-bond donors (Lipinski definition) is 1. The second-order valence-corrected chi connectivity index (χ2v) is 4.97. The molecule has 114 valence electrons. The van der Waals surface area contributed by atoms with Crippen molar-refractivity contribution in [2.75, 3.05) is 12.1 Å². The van der Waals surface area contributed by atoms with Crippen LogP contribution in [0.1, 0.15) is 10.4 Å². The first kappa shape index (κ1) is 13.4. The molecule has 1 amide bonds. The predicted octanol–water partition coefficient (Wildman–Crippen LogP) is 3.32. The number of carbonyl (C=O) groups excluding carboxylic acids is 1. The summed E-state index contributed by atoms with van der Waals surface area (Å²) in [6.07, 6.45) is 3.00. The van der Waals surface area contributed by atoms with Crippen molar-refractivity contribution in [3.8, 4) is 22.8 Å². The van der Waals surface area contributed by atoms with Crippen LogP contribution in [0.5, 0.6) is 11.5 Å². The van der Waals surface area contributed by atoms with Crippen LogP contribution in [0, 0.1) is 0 Å². The average Bonchev–Trinajstić information content (AvgIpc) is 3.26. The zero-order chi connectivity index (χ0) is 15.6. The van der Waals surface area contributed by atoms with Crippen molar-refractivity contribution in [3.63, 3.8) is 0 Å². The van der Waals surface area contributed by atoms with Crippen LogP contribution >= 0.6 is 0 Å². The molecule has 1 aliphatic rings. The number of amides is 1. The molecule has 0 saturated carbocycles. The van der Waals surface area contributed by atoms with E-state index >= 15 is 0 Å². The van der Waals surface area contributed by atoms with E-state index in [0.717, 1.165) is 5.56 Å². The van der Waals surface area contributed by atoms with E-state index in [1.54, 1.807) is 36.5 Å². The lowest BCUT2D eigenvalue weighted by atomic mass is 10.1. The molecule has 1 aromatic heterocycles. The van der Waals surface area contributed by atoms with E-state index < -0.39 is 0 Å². The van der Waals surface area contributed by atoms with Gasteiger partial charge in [0.15, 0.2) is 23.7 Å². The summed E-state index contributed by atoms with van der Waals surface area (Å²) in [6, 6.07) is 12.4. The minimum atomic E-state index is -0.201. The summed E-state index contributed by atoms with van der Waals surface area (Å²) in [6.45, 7) is 0.204. The summed E-state index contributed by atoms with van der Waals surface area (Å²) in [5.74, 6) is 1.77. The topological polar surface area (TPSA) is 73.6 Å². The van der Waals surface area contributed by atoms with Crippen LogP contribution in [0.25, 0.3) is 11.3 Å². The number of nitrogens with zero attached hydrogens (tertiary/aromatic N) is 1. The molecule has 0 aliphatic carbocycles. The van der Waals surface area contributed by atoms with Gasteiger partial charge in [-0.15, -0.1) is 0 Å². The quantitative estimate of drug-likeness (QED) is 0.803. The van der Waals surface area contributed by atoms with E-state index in [1.165, 1.54) is 6.39 Å². The van der Waals surface area contributed by atoms with Gasteiger partial charge >= 0.3 is 0 Å². The molecule has 0 radical (unpaired) electrons. The van der Waals surface area contributed by atoms with Crippen LogP contribution in [0.2, 0.25) is 0 Å². The van der Waals surface area contributed by atoms with Gasteiger partial charge in [0.05, 0.1) is 6.20 Å². The Balaban J connectivity index is 1.51. The Hall–Kier alpha value is -3.28. The second-order valence-electron chi connectivity index (χ2n) is 4.97. The Morgan fingerprint density at radius 1 is 1.04 bits per heavy atom. The Morgan fingerprint density at radius 2 is 1.87 bits per heavy atom. The van der Waals surface area contributed by atoms with Gasteiger partial charge in [0, 0.05) is 22.9 Å². The molecule has 4 rings (SSSR count). The van der Waals surface area contributed by atoms with E-state index in [1.807, 2.05) is 12.1 Å². The lowest BCUT2D eigenvalue weighted by Crippen LogP contribution is -2.11. The largest absolute Gasteiger partial charge is 0.454 e. The van der Waals surface area contributed by atoms with E-state index in [2.05, 4.69) is 10.3 Å².